The second-order valence-corrected chi connectivity index (χ2v) is 5.84. The van der Waals surface area contributed by atoms with Crippen LogP contribution in [0.5, 0.6) is 0 Å². The van der Waals surface area contributed by atoms with Gasteiger partial charge in [0.25, 0.3) is 0 Å². The molecular formula is C16H17ClO. The van der Waals surface area contributed by atoms with E-state index in [9.17, 15) is 4.79 Å². The van der Waals surface area contributed by atoms with E-state index in [0.717, 1.165) is 30.7 Å². The SMILES string of the molecule is O=C1CCC[C@@H]2CC(c3ccc(Cl)cc3)=CC[C@@H]12. The van der Waals surface area contributed by atoms with Crippen LogP contribution in [0, 0.1) is 11.8 Å². The first-order valence-electron chi connectivity index (χ1n) is 6.72. The maximum absolute atomic E-state index is 11.9. The predicted octanol–water partition coefficient (Wildman–Crippen LogP) is 4.50. The van der Waals surface area contributed by atoms with Gasteiger partial charge >= 0.3 is 0 Å². The van der Waals surface area contributed by atoms with Crippen LogP contribution in [0.4, 0.5) is 0 Å². The van der Waals surface area contributed by atoms with Crippen LogP contribution >= 0.6 is 11.6 Å². The monoisotopic (exact) mass is 260 g/mol. The Kier molecular flexibility index (Phi) is 3.25. The molecule has 2 aliphatic rings. The highest BCUT2D eigenvalue weighted by molar-refractivity contribution is 6.30. The largest absolute Gasteiger partial charge is 0.299 e. The van der Waals surface area contributed by atoms with Gasteiger partial charge < -0.3 is 0 Å². The van der Waals surface area contributed by atoms with Gasteiger partial charge in [-0.1, -0.05) is 29.8 Å². The van der Waals surface area contributed by atoms with Gasteiger partial charge in [0.05, 0.1) is 0 Å². The molecule has 0 aliphatic heterocycles. The van der Waals surface area contributed by atoms with Crippen molar-refractivity contribution in [1.29, 1.82) is 0 Å². The van der Waals surface area contributed by atoms with E-state index in [1.807, 2.05) is 12.1 Å². The number of rotatable bonds is 1. The molecule has 0 radical (unpaired) electrons. The van der Waals surface area contributed by atoms with Gasteiger partial charge in [-0.05, 0) is 54.9 Å². The molecule has 1 saturated carbocycles. The summed E-state index contributed by atoms with van der Waals surface area (Å²) in [7, 11) is 0. The molecule has 94 valence electrons. The van der Waals surface area contributed by atoms with Crippen molar-refractivity contribution < 1.29 is 4.79 Å². The predicted molar refractivity (Wildman–Crippen MR) is 74.5 cm³/mol. The van der Waals surface area contributed by atoms with Gasteiger partial charge in [0.1, 0.15) is 5.78 Å². The normalized spacial score (nSPS) is 27.6. The molecule has 1 aromatic rings. The summed E-state index contributed by atoms with van der Waals surface area (Å²) in [4.78, 5) is 11.9. The van der Waals surface area contributed by atoms with E-state index in [-0.39, 0.29) is 0 Å². The number of hydrogen-bond donors (Lipinski definition) is 0. The molecule has 0 unspecified atom stereocenters. The average Bonchev–Trinajstić information content (AvgIpc) is 2.39. The van der Waals surface area contributed by atoms with Crippen LogP contribution in [-0.2, 0) is 4.79 Å². The van der Waals surface area contributed by atoms with Gasteiger partial charge in [-0.3, -0.25) is 4.79 Å². The lowest BCUT2D eigenvalue weighted by Crippen LogP contribution is -2.30. The maximum atomic E-state index is 11.9. The van der Waals surface area contributed by atoms with E-state index in [1.165, 1.54) is 17.6 Å². The van der Waals surface area contributed by atoms with Crippen molar-refractivity contribution in [2.75, 3.05) is 0 Å². The molecule has 0 heterocycles. The molecule has 3 rings (SSSR count). The van der Waals surface area contributed by atoms with Gasteiger partial charge in [-0.15, -0.1) is 0 Å². The fourth-order valence-corrected chi connectivity index (χ4v) is 3.42. The highest BCUT2D eigenvalue weighted by Crippen LogP contribution is 2.41. The number of fused-ring (bicyclic) bond motifs is 1. The number of halogens is 1. The Hall–Kier alpha value is -1.08. The molecule has 0 bridgehead atoms. The zero-order chi connectivity index (χ0) is 12.5. The van der Waals surface area contributed by atoms with Crippen LogP contribution in [0.15, 0.2) is 30.3 Å². The van der Waals surface area contributed by atoms with E-state index < -0.39 is 0 Å². The quantitative estimate of drug-likeness (QED) is 0.726. The topological polar surface area (TPSA) is 17.1 Å². The zero-order valence-corrected chi connectivity index (χ0v) is 11.1. The third kappa shape index (κ3) is 2.24. The number of Topliss-reactive ketones (excluding diaryl/α,β-unsaturated/α-hetero) is 1. The minimum absolute atomic E-state index is 0.301. The fourth-order valence-electron chi connectivity index (χ4n) is 3.29. The molecular weight excluding hydrogens is 244 g/mol. The standard InChI is InChI=1S/C16H17ClO/c17-14-7-4-11(5-8-14)12-6-9-15-13(10-12)2-1-3-16(15)18/h4-8,13,15H,1-3,9-10H2/t13-,15-/m1/s1. The van der Waals surface area contributed by atoms with E-state index in [0.29, 0.717) is 17.6 Å². The molecule has 2 heteroatoms. The molecule has 2 atom stereocenters. The van der Waals surface area contributed by atoms with Crippen LogP contribution in [-0.4, -0.2) is 5.78 Å². The van der Waals surface area contributed by atoms with E-state index in [1.54, 1.807) is 0 Å². The van der Waals surface area contributed by atoms with Gasteiger partial charge in [-0.25, -0.2) is 0 Å². The number of carbonyl (C=O) groups excluding carboxylic acids is 1. The van der Waals surface area contributed by atoms with Crippen LogP contribution in [0.25, 0.3) is 5.57 Å². The Morgan fingerprint density at radius 3 is 2.72 bits per heavy atom. The Morgan fingerprint density at radius 1 is 1.17 bits per heavy atom. The Morgan fingerprint density at radius 2 is 1.94 bits per heavy atom. The minimum atomic E-state index is 0.301. The number of benzene rings is 1. The molecule has 1 aromatic carbocycles. The van der Waals surface area contributed by atoms with Crippen molar-refractivity contribution in [3.8, 4) is 0 Å². The summed E-state index contributed by atoms with van der Waals surface area (Å²) in [6.07, 6.45) is 7.33. The number of carbonyl (C=O) groups is 1. The average molecular weight is 261 g/mol. The van der Waals surface area contributed by atoms with Crippen LogP contribution in [0.3, 0.4) is 0 Å². The van der Waals surface area contributed by atoms with Crippen molar-refractivity contribution in [3.63, 3.8) is 0 Å². The summed E-state index contributed by atoms with van der Waals surface area (Å²) >= 11 is 5.92. The van der Waals surface area contributed by atoms with Gasteiger partial charge in [0.15, 0.2) is 0 Å². The van der Waals surface area contributed by atoms with E-state index in [2.05, 4.69) is 18.2 Å². The van der Waals surface area contributed by atoms with E-state index in [4.69, 9.17) is 11.6 Å². The van der Waals surface area contributed by atoms with Gasteiger partial charge in [0, 0.05) is 17.4 Å². The third-order valence-corrected chi connectivity index (χ3v) is 4.55. The molecule has 0 N–H and O–H groups in total. The minimum Gasteiger partial charge on any atom is -0.299 e. The summed E-state index contributed by atoms with van der Waals surface area (Å²) in [5.41, 5.74) is 2.65. The summed E-state index contributed by atoms with van der Waals surface area (Å²) < 4.78 is 0. The number of ketones is 1. The smallest absolute Gasteiger partial charge is 0.136 e. The van der Waals surface area contributed by atoms with E-state index >= 15 is 0 Å². The lowest BCUT2D eigenvalue weighted by atomic mass is 9.70. The molecule has 1 fully saturated rings. The van der Waals surface area contributed by atoms with Crippen molar-refractivity contribution in [2.24, 2.45) is 11.8 Å². The molecule has 18 heavy (non-hydrogen) atoms. The van der Waals surface area contributed by atoms with Crippen molar-refractivity contribution in [1.82, 2.24) is 0 Å². The summed E-state index contributed by atoms with van der Waals surface area (Å²) in [6.45, 7) is 0. The first-order valence-corrected chi connectivity index (χ1v) is 7.09. The van der Waals surface area contributed by atoms with Crippen LogP contribution in [0.2, 0.25) is 5.02 Å². The van der Waals surface area contributed by atoms with Gasteiger partial charge in [-0.2, -0.15) is 0 Å². The van der Waals surface area contributed by atoms with Gasteiger partial charge in [0.2, 0.25) is 0 Å². The Labute approximate surface area is 113 Å². The summed E-state index contributed by atoms with van der Waals surface area (Å²) in [6, 6.07) is 8.05. The Balaban J connectivity index is 1.83. The highest BCUT2D eigenvalue weighted by atomic mass is 35.5. The van der Waals surface area contributed by atoms with Crippen LogP contribution in [0.1, 0.15) is 37.7 Å². The summed E-state index contributed by atoms with van der Waals surface area (Å²) in [5.74, 6) is 1.36. The first kappa shape index (κ1) is 12.0. The lowest BCUT2D eigenvalue weighted by molar-refractivity contribution is -0.126. The molecule has 1 nitrogen and oxygen atoms in total. The molecule has 0 spiro atoms. The molecule has 0 aromatic heterocycles. The molecule has 0 amide bonds. The summed E-state index contributed by atoms with van der Waals surface area (Å²) in [5, 5.41) is 0.779. The number of allylic oxidation sites excluding steroid dienone is 2. The second-order valence-electron chi connectivity index (χ2n) is 5.40. The fraction of sp³-hybridized carbons (Fsp3) is 0.438. The second kappa shape index (κ2) is 4.89. The zero-order valence-electron chi connectivity index (χ0n) is 10.4. The first-order chi connectivity index (χ1) is 8.74. The van der Waals surface area contributed by atoms with Crippen LogP contribution < -0.4 is 0 Å². The number of hydrogen-bond acceptors (Lipinski definition) is 1. The molecule has 2 aliphatic carbocycles. The van der Waals surface area contributed by atoms with Crippen molar-refractivity contribution in [3.05, 3.63) is 40.9 Å². The Bertz CT molecular complexity index is 486. The molecule has 0 saturated heterocycles. The maximum Gasteiger partial charge on any atom is 0.136 e. The highest BCUT2D eigenvalue weighted by Gasteiger charge is 2.33. The van der Waals surface area contributed by atoms with Crippen molar-refractivity contribution in [2.45, 2.75) is 32.1 Å². The lowest BCUT2D eigenvalue weighted by Gasteiger charge is -2.34. The third-order valence-electron chi connectivity index (χ3n) is 4.30. The van der Waals surface area contributed by atoms with Crippen molar-refractivity contribution >= 4 is 23.0 Å².